The van der Waals surface area contributed by atoms with Crippen molar-refractivity contribution in [3.8, 4) is 11.5 Å². The molecular weight excluding hydrogens is 334 g/mol. The van der Waals surface area contributed by atoms with Crippen LogP contribution < -0.4 is 25.8 Å². The van der Waals surface area contributed by atoms with Crippen molar-refractivity contribution in [2.75, 3.05) is 17.2 Å². The molecule has 1 aliphatic rings. The molecule has 0 spiro atoms. The minimum absolute atomic E-state index is 0.107. The van der Waals surface area contributed by atoms with Crippen LogP contribution in [0.5, 0.6) is 11.5 Å². The number of primary amides is 1. The monoisotopic (exact) mass is 355 g/mol. The van der Waals surface area contributed by atoms with Crippen molar-refractivity contribution < 1.29 is 19.1 Å². The van der Waals surface area contributed by atoms with Gasteiger partial charge in [-0.15, -0.1) is 0 Å². The molecule has 0 radical (unpaired) electrons. The van der Waals surface area contributed by atoms with Crippen LogP contribution in [0.2, 0.25) is 0 Å². The second kappa shape index (κ2) is 7.35. The van der Waals surface area contributed by atoms with Crippen LogP contribution in [0, 0.1) is 0 Å². The molecule has 2 aromatic carbocycles. The Hall–Kier alpha value is -3.22. The van der Waals surface area contributed by atoms with E-state index in [1.807, 2.05) is 19.9 Å². The maximum atomic E-state index is 12.5. The van der Waals surface area contributed by atoms with Crippen molar-refractivity contribution in [2.24, 2.45) is 5.73 Å². The fourth-order valence-electron chi connectivity index (χ4n) is 2.85. The van der Waals surface area contributed by atoms with Gasteiger partial charge in [0.25, 0.3) is 5.91 Å². The highest BCUT2D eigenvalue weighted by Gasteiger charge is 2.22. The average molecular weight is 355 g/mol. The number of rotatable bonds is 5. The summed E-state index contributed by atoms with van der Waals surface area (Å²) in [5, 5.41) is 5.31. The smallest absolute Gasteiger partial charge is 0.316 e. The minimum atomic E-state index is -0.657. The number of hydrogen-bond donors (Lipinski definition) is 3. The second-order valence-corrected chi connectivity index (χ2v) is 6.04. The fraction of sp³-hybridized carbons (Fsp3) is 0.263. The SMILES string of the molecule is CCOc1cc2c(cc1NC(=O)c1ccc(NC(N)=O)cc1)O[C@H](C)C2. The summed E-state index contributed by atoms with van der Waals surface area (Å²) in [6, 6.07) is 9.48. The van der Waals surface area contributed by atoms with E-state index in [1.54, 1.807) is 30.3 Å². The van der Waals surface area contributed by atoms with Crippen molar-refractivity contribution in [2.45, 2.75) is 26.4 Å². The summed E-state index contributed by atoms with van der Waals surface area (Å²) in [7, 11) is 0. The predicted molar refractivity (Wildman–Crippen MR) is 99.0 cm³/mol. The molecule has 1 atom stereocenters. The quantitative estimate of drug-likeness (QED) is 0.766. The van der Waals surface area contributed by atoms with Gasteiger partial charge >= 0.3 is 6.03 Å². The van der Waals surface area contributed by atoms with Crippen LogP contribution in [0.15, 0.2) is 36.4 Å². The maximum absolute atomic E-state index is 12.5. The maximum Gasteiger partial charge on any atom is 0.316 e. The topological polar surface area (TPSA) is 103 Å². The highest BCUT2D eigenvalue weighted by atomic mass is 16.5. The lowest BCUT2D eigenvalue weighted by molar-refractivity contribution is 0.102. The summed E-state index contributed by atoms with van der Waals surface area (Å²) < 4.78 is 11.4. The zero-order valence-electron chi connectivity index (χ0n) is 14.7. The Kier molecular flexibility index (Phi) is 4.97. The van der Waals surface area contributed by atoms with Crippen LogP contribution in [-0.4, -0.2) is 24.6 Å². The first-order chi connectivity index (χ1) is 12.5. The summed E-state index contributed by atoms with van der Waals surface area (Å²) in [6.07, 6.45) is 0.925. The van der Waals surface area contributed by atoms with Crippen LogP contribution >= 0.6 is 0 Å². The number of nitrogens with two attached hydrogens (primary N) is 1. The number of fused-ring (bicyclic) bond motifs is 1. The molecule has 4 N–H and O–H groups in total. The largest absolute Gasteiger partial charge is 0.492 e. The Morgan fingerprint density at radius 3 is 2.62 bits per heavy atom. The third-order valence-electron chi connectivity index (χ3n) is 3.96. The lowest BCUT2D eigenvalue weighted by Gasteiger charge is -2.14. The summed E-state index contributed by atoms with van der Waals surface area (Å²) >= 11 is 0. The average Bonchev–Trinajstić information content (AvgIpc) is 2.94. The molecular formula is C19H21N3O4. The Labute approximate surface area is 151 Å². The van der Waals surface area contributed by atoms with Gasteiger partial charge in [-0.2, -0.15) is 0 Å². The van der Waals surface area contributed by atoms with Gasteiger partial charge in [0.05, 0.1) is 12.3 Å². The van der Waals surface area contributed by atoms with E-state index in [-0.39, 0.29) is 12.0 Å². The fourth-order valence-corrected chi connectivity index (χ4v) is 2.85. The zero-order chi connectivity index (χ0) is 18.7. The van der Waals surface area contributed by atoms with E-state index in [2.05, 4.69) is 10.6 Å². The van der Waals surface area contributed by atoms with Gasteiger partial charge in [0.1, 0.15) is 17.6 Å². The molecule has 2 aromatic rings. The first-order valence-corrected chi connectivity index (χ1v) is 8.40. The van der Waals surface area contributed by atoms with Crippen molar-refractivity contribution in [1.82, 2.24) is 0 Å². The zero-order valence-corrected chi connectivity index (χ0v) is 14.7. The molecule has 0 saturated carbocycles. The van der Waals surface area contributed by atoms with Gasteiger partial charge in [-0.1, -0.05) is 0 Å². The van der Waals surface area contributed by atoms with E-state index in [4.69, 9.17) is 15.2 Å². The number of carbonyl (C=O) groups excluding carboxylic acids is 2. The lowest BCUT2D eigenvalue weighted by Crippen LogP contribution is -2.19. The summed E-state index contributed by atoms with van der Waals surface area (Å²) in [5.74, 6) is 1.09. The standard InChI is InChI=1S/C19H21N3O4/c1-3-25-17-9-13-8-11(2)26-16(13)10-15(17)22-18(23)12-4-6-14(7-5-12)21-19(20)24/h4-7,9-11H,3,8H2,1-2H3,(H,22,23)(H3,20,21,24)/t11-/m1/s1. The van der Waals surface area contributed by atoms with Gasteiger partial charge in [-0.05, 0) is 44.2 Å². The van der Waals surface area contributed by atoms with Crippen LogP contribution in [0.1, 0.15) is 29.8 Å². The Morgan fingerprint density at radius 1 is 1.23 bits per heavy atom. The summed E-state index contributed by atoms with van der Waals surface area (Å²) in [5.41, 5.74) is 7.66. The number of anilines is 2. The number of hydrogen-bond acceptors (Lipinski definition) is 4. The molecule has 1 heterocycles. The Morgan fingerprint density at radius 2 is 1.96 bits per heavy atom. The number of nitrogens with one attached hydrogen (secondary N) is 2. The molecule has 3 amide bonds. The number of carbonyl (C=O) groups is 2. The van der Waals surface area contributed by atoms with Gasteiger partial charge in [0.15, 0.2) is 0 Å². The molecule has 0 aliphatic carbocycles. The summed E-state index contributed by atoms with van der Waals surface area (Å²) in [4.78, 5) is 23.4. The number of benzene rings is 2. The van der Waals surface area contributed by atoms with Gasteiger partial charge in [-0.3, -0.25) is 4.79 Å². The third-order valence-corrected chi connectivity index (χ3v) is 3.96. The Bertz CT molecular complexity index is 833. The van der Waals surface area contributed by atoms with Crippen molar-refractivity contribution in [1.29, 1.82) is 0 Å². The van der Waals surface area contributed by atoms with Gasteiger partial charge in [0, 0.05) is 29.3 Å². The third kappa shape index (κ3) is 3.88. The molecule has 0 fully saturated rings. The molecule has 1 aliphatic heterocycles. The van der Waals surface area contributed by atoms with E-state index < -0.39 is 6.03 Å². The molecule has 0 aromatic heterocycles. The van der Waals surface area contributed by atoms with Crippen LogP contribution in [0.3, 0.4) is 0 Å². The molecule has 0 saturated heterocycles. The lowest BCUT2D eigenvalue weighted by atomic mass is 10.1. The van der Waals surface area contributed by atoms with Crippen LogP contribution in [-0.2, 0) is 6.42 Å². The van der Waals surface area contributed by atoms with E-state index in [1.165, 1.54) is 0 Å². The second-order valence-electron chi connectivity index (χ2n) is 6.04. The molecule has 26 heavy (non-hydrogen) atoms. The van der Waals surface area contributed by atoms with Crippen LogP contribution in [0.25, 0.3) is 0 Å². The molecule has 0 bridgehead atoms. The molecule has 0 unspecified atom stereocenters. The van der Waals surface area contributed by atoms with E-state index in [0.717, 1.165) is 17.7 Å². The number of amides is 3. The summed E-state index contributed by atoms with van der Waals surface area (Å²) in [6.45, 7) is 4.38. The predicted octanol–water partition coefficient (Wildman–Crippen LogP) is 3.15. The molecule has 3 rings (SSSR count). The number of ether oxygens (including phenoxy) is 2. The normalized spacial score (nSPS) is 14.9. The van der Waals surface area contributed by atoms with E-state index >= 15 is 0 Å². The van der Waals surface area contributed by atoms with E-state index in [0.29, 0.717) is 29.3 Å². The van der Waals surface area contributed by atoms with Crippen molar-refractivity contribution >= 4 is 23.3 Å². The van der Waals surface area contributed by atoms with Gasteiger partial charge in [-0.25, -0.2) is 4.79 Å². The molecule has 136 valence electrons. The van der Waals surface area contributed by atoms with E-state index in [9.17, 15) is 9.59 Å². The molecule has 7 nitrogen and oxygen atoms in total. The first-order valence-electron chi connectivity index (χ1n) is 8.40. The van der Waals surface area contributed by atoms with Crippen molar-refractivity contribution in [3.63, 3.8) is 0 Å². The highest BCUT2D eigenvalue weighted by Crippen LogP contribution is 2.38. The first kappa shape index (κ1) is 17.6. The van der Waals surface area contributed by atoms with Gasteiger partial charge in [0.2, 0.25) is 0 Å². The Balaban J connectivity index is 1.80. The van der Waals surface area contributed by atoms with Crippen LogP contribution in [0.4, 0.5) is 16.2 Å². The molecule has 7 heteroatoms. The minimum Gasteiger partial charge on any atom is -0.492 e. The number of urea groups is 1. The van der Waals surface area contributed by atoms with Crippen molar-refractivity contribution in [3.05, 3.63) is 47.5 Å². The highest BCUT2D eigenvalue weighted by molar-refractivity contribution is 6.05. The van der Waals surface area contributed by atoms with Gasteiger partial charge < -0.3 is 25.8 Å².